The number of nitrogens with zero attached hydrogens (tertiary/aromatic N) is 3. The van der Waals surface area contributed by atoms with Crippen LogP contribution in [0.5, 0.6) is 0 Å². The number of nitriles is 1. The zero-order valence-electron chi connectivity index (χ0n) is 21.2. The second-order valence-corrected chi connectivity index (χ2v) is 13.1. The maximum atomic E-state index is 14.5. The highest BCUT2D eigenvalue weighted by atomic mass is 32.2. The normalized spacial score (nSPS) is 25.2. The Balaban J connectivity index is 1.49. The van der Waals surface area contributed by atoms with Crippen LogP contribution < -0.4 is 10.2 Å². The maximum Gasteiger partial charge on any atom is 0.395 e. The van der Waals surface area contributed by atoms with E-state index < -0.39 is 59.8 Å². The lowest BCUT2D eigenvalue weighted by atomic mass is 9.75. The number of thioether (sulfide) groups is 1. The quantitative estimate of drug-likeness (QED) is 0.322. The van der Waals surface area contributed by atoms with Gasteiger partial charge in [0.2, 0.25) is 16.9 Å². The van der Waals surface area contributed by atoms with E-state index in [4.69, 9.17) is 0 Å². The van der Waals surface area contributed by atoms with Crippen molar-refractivity contribution in [1.82, 2.24) is 10.3 Å². The molecule has 0 spiro atoms. The van der Waals surface area contributed by atoms with Crippen molar-refractivity contribution in [3.05, 3.63) is 34.2 Å². The van der Waals surface area contributed by atoms with Crippen molar-refractivity contribution in [3.63, 3.8) is 0 Å². The number of anilines is 1. The van der Waals surface area contributed by atoms with E-state index in [0.29, 0.717) is 41.3 Å². The molecular formula is C26H27F5N4O3S2. The molecule has 3 N–H and O–H groups in total. The number of amides is 1. The molecule has 2 aromatic rings. The number of rotatable bonds is 6. The summed E-state index contributed by atoms with van der Waals surface area (Å²) in [4.78, 5) is 19.6. The van der Waals surface area contributed by atoms with Gasteiger partial charge in [0, 0.05) is 47.2 Å². The SMILES string of the molecule is N#CC1(NC(=O)C2CC(F)(F)CCC2c2sc(CC(F)(F)F)nc2-c2ccc(N3CCSC(O)(O)C3)cc2)CC1. The van der Waals surface area contributed by atoms with Crippen molar-refractivity contribution < 1.29 is 37.0 Å². The molecule has 40 heavy (non-hydrogen) atoms. The van der Waals surface area contributed by atoms with Crippen LogP contribution in [0.2, 0.25) is 0 Å². The molecule has 2 atom stereocenters. The summed E-state index contributed by atoms with van der Waals surface area (Å²) in [5.41, 5.74) is 0.263. The van der Waals surface area contributed by atoms with Crippen LogP contribution in [0.1, 0.15) is 47.9 Å². The van der Waals surface area contributed by atoms with Crippen LogP contribution in [0.15, 0.2) is 24.3 Å². The average molecular weight is 603 g/mol. The van der Waals surface area contributed by atoms with E-state index >= 15 is 0 Å². The van der Waals surface area contributed by atoms with Crippen LogP contribution in [0.25, 0.3) is 11.3 Å². The van der Waals surface area contributed by atoms with Gasteiger partial charge in [0.05, 0.1) is 30.6 Å². The smallest absolute Gasteiger partial charge is 0.364 e. The number of β-amino-alcohol motifs (C(OH)–C–C–N with tert-alkyl or cyclic N) is 2. The molecule has 2 saturated carbocycles. The molecular weight excluding hydrogens is 575 g/mol. The van der Waals surface area contributed by atoms with Gasteiger partial charge in [-0.05, 0) is 31.4 Å². The monoisotopic (exact) mass is 602 g/mol. The maximum absolute atomic E-state index is 14.5. The molecule has 2 unspecified atom stereocenters. The van der Waals surface area contributed by atoms with Crippen LogP contribution in [0, 0.1) is 17.2 Å². The molecule has 5 rings (SSSR count). The first-order chi connectivity index (χ1) is 18.7. The number of benzene rings is 1. The summed E-state index contributed by atoms with van der Waals surface area (Å²) in [6, 6.07) is 8.68. The molecule has 7 nitrogen and oxygen atoms in total. The Labute approximate surface area is 235 Å². The van der Waals surface area contributed by atoms with Crippen molar-refractivity contribution in [3.8, 4) is 17.3 Å². The Bertz CT molecular complexity index is 1300. The van der Waals surface area contributed by atoms with Crippen LogP contribution >= 0.6 is 23.1 Å². The number of halogens is 5. The van der Waals surface area contributed by atoms with Crippen molar-refractivity contribution in [2.75, 3.05) is 23.7 Å². The van der Waals surface area contributed by atoms with E-state index in [-0.39, 0.29) is 23.7 Å². The summed E-state index contributed by atoms with van der Waals surface area (Å²) >= 11 is 1.80. The number of alkyl halides is 5. The molecule has 2 aliphatic carbocycles. The summed E-state index contributed by atoms with van der Waals surface area (Å²) in [6.45, 7) is 0.522. The Hall–Kier alpha value is -2.47. The summed E-state index contributed by atoms with van der Waals surface area (Å²) in [5, 5.41) is 29.8. The van der Waals surface area contributed by atoms with Gasteiger partial charge in [-0.15, -0.1) is 11.3 Å². The minimum absolute atomic E-state index is 0.0358. The van der Waals surface area contributed by atoms with Crippen molar-refractivity contribution in [2.24, 2.45) is 5.92 Å². The standard InChI is InChI=1S/C26H27F5N4O3S2/c27-24(28)6-5-17(18(11-24)22(36)34-23(13-32)7-8-23)21-20(33-19(40-21)12-25(29,30)31)15-1-3-16(4-2-15)35-9-10-39-26(37,38)14-35/h1-4,17-18,37-38H,5-12,14H2,(H,34,36). The second kappa shape index (κ2) is 10.4. The number of carbonyl (C=O) groups excluding carboxylic acids is 1. The third-order valence-electron chi connectivity index (χ3n) is 7.47. The van der Waals surface area contributed by atoms with Crippen LogP contribution in [0.4, 0.5) is 27.6 Å². The van der Waals surface area contributed by atoms with Gasteiger partial charge in [0.1, 0.15) is 10.5 Å². The lowest BCUT2D eigenvalue weighted by molar-refractivity contribution is -0.134. The number of hydrogen-bond acceptors (Lipinski definition) is 8. The fourth-order valence-corrected chi connectivity index (χ4v) is 7.47. The minimum atomic E-state index is -4.54. The number of aromatic nitrogens is 1. The Morgan fingerprint density at radius 2 is 1.90 bits per heavy atom. The Morgan fingerprint density at radius 3 is 2.50 bits per heavy atom. The summed E-state index contributed by atoms with van der Waals surface area (Å²) in [5.74, 6) is -5.37. The Kier molecular flexibility index (Phi) is 7.56. The van der Waals surface area contributed by atoms with Crippen LogP contribution in [0.3, 0.4) is 0 Å². The van der Waals surface area contributed by atoms with E-state index in [9.17, 15) is 42.2 Å². The van der Waals surface area contributed by atoms with Crippen LogP contribution in [-0.4, -0.2) is 62.7 Å². The predicted molar refractivity (Wildman–Crippen MR) is 140 cm³/mol. The van der Waals surface area contributed by atoms with E-state index in [1.807, 2.05) is 6.07 Å². The van der Waals surface area contributed by atoms with E-state index in [0.717, 1.165) is 23.1 Å². The fourth-order valence-electron chi connectivity index (χ4n) is 5.27. The highest BCUT2D eigenvalue weighted by Crippen LogP contribution is 2.50. The first kappa shape index (κ1) is 29.0. The number of aliphatic hydroxyl groups is 2. The van der Waals surface area contributed by atoms with Gasteiger partial charge in [-0.1, -0.05) is 23.9 Å². The zero-order valence-corrected chi connectivity index (χ0v) is 22.8. The fraction of sp³-hybridized carbons (Fsp3) is 0.577. The number of nitrogens with one attached hydrogen (secondary N) is 1. The van der Waals surface area contributed by atoms with E-state index in [1.165, 1.54) is 0 Å². The van der Waals surface area contributed by atoms with E-state index in [2.05, 4.69) is 10.3 Å². The van der Waals surface area contributed by atoms with Gasteiger partial charge in [-0.2, -0.15) is 18.4 Å². The lowest BCUT2D eigenvalue weighted by Gasteiger charge is -2.36. The molecule has 1 aromatic heterocycles. The second-order valence-electron chi connectivity index (χ2n) is 10.7. The van der Waals surface area contributed by atoms with Gasteiger partial charge in [-0.3, -0.25) is 4.79 Å². The summed E-state index contributed by atoms with van der Waals surface area (Å²) < 4.78 is 69.0. The molecule has 14 heteroatoms. The number of hydrogen-bond donors (Lipinski definition) is 3. The van der Waals surface area contributed by atoms with Crippen molar-refractivity contribution in [2.45, 2.75) is 67.2 Å². The van der Waals surface area contributed by atoms with Gasteiger partial charge < -0.3 is 20.4 Å². The van der Waals surface area contributed by atoms with Gasteiger partial charge >= 0.3 is 6.18 Å². The molecule has 3 aliphatic rings. The highest BCUT2D eigenvalue weighted by molar-refractivity contribution is 8.00. The largest absolute Gasteiger partial charge is 0.395 e. The summed E-state index contributed by atoms with van der Waals surface area (Å²) in [7, 11) is 0. The third kappa shape index (κ3) is 6.53. The Morgan fingerprint density at radius 1 is 1.20 bits per heavy atom. The van der Waals surface area contributed by atoms with Crippen molar-refractivity contribution in [1.29, 1.82) is 5.26 Å². The molecule has 1 aliphatic heterocycles. The number of carbonyl (C=O) groups is 1. The average Bonchev–Trinajstić information content (AvgIpc) is 3.52. The molecule has 1 aromatic carbocycles. The van der Waals surface area contributed by atoms with Gasteiger partial charge in [-0.25, -0.2) is 13.8 Å². The zero-order chi connectivity index (χ0) is 28.9. The highest BCUT2D eigenvalue weighted by Gasteiger charge is 2.51. The van der Waals surface area contributed by atoms with E-state index in [1.54, 1.807) is 29.2 Å². The molecule has 216 valence electrons. The molecule has 3 fully saturated rings. The molecule has 0 radical (unpaired) electrons. The topological polar surface area (TPSA) is 109 Å². The molecule has 1 amide bonds. The first-order valence-electron chi connectivity index (χ1n) is 12.8. The molecule has 2 heterocycles. The lowest BCUT2D eigenvalue weighted by Crippen LogP contribution is -2.46. The summed E-state index contributed by atoms with van der Waals surface area (Å²) in [6.07, 6.45) is -6.41. The first-order valence-corrected chi connectivity index (χ1v) is 14.6. The van der Waals surface area contributed by atoms with Crippen molar-refractivity contribution >= 4 is 34.7 Å². The minimum Gasteiger partial charge on any atom is -0.364 e. The van der Waals surface area contributed by atoms with Gasteiger partial charge in [0.25, 0.3) is 0 Å². The number of thiazole rings is 1. The third-order valence-corrected chi connectivity index (χ3v) is 9.64. The molecule has 1 saturated heterocycles. The predicted octanol–water partition coefficient (Wildman–Crippen LogP) is 4.80. The van der Waals surface area contributed by atoms with Crippen LogP contribution in [-0.2, 0) is 11.2 Å². The van der Waals surface area contributed by atoms with Gasteiger partial charge in [0.15, 0.2) is 0 Å². The molecule has 0 bridgehead atoms.